The summed E-state index contributed by atoms with van der Waals surface area (Å²) in [5.74, 6) is -3.64. The topological polar surface area (TPSA) is 77.9 Å². The minimum atomic E-state index is -1.20. The summed E-state index contributed by atoms with van der Waals surface area (Å²) in [6.45, 7) is 1.57. The molecule has 23 heavy (non-hydrogen) atoms. The molecule has 0 aromatic heterocycles. The van der Waals surface area contributed by atoms with Crippen molar-refractivity contribution in [1.29, 1.82) is 0 Å². The van der Waals surface area contributed by atoms with Crippen LogP contribution in [0.1, 0.15) is 18.9 Å². The zero-order valence-corrected chi connectivity index (χ0v) is 12.5. The van der Waals surface area contributed by atoms with Crippen LogP contribution in [0.3, 0.4) is 0 Å². The number of carbonyl (C=O) groups excluding carboxylic acids is 2. The standard InChI is InChI=1S/C15H16F2N2O4/c1-9(20)19-3-2-18(15(23)13(19)7-14(21)22)8-10-4-11(16)6-12(17)5-10/h4-6,13H,2-3,7-8H2,1H3,(H,21,22). The van der Waals surface area contributed by atoms with Crippen molar-refractivity contribution < 1.29 is 28.3 Å². The van der Waals surface area contributed by atoms with Gasteiger partial charge < -0.3 is 14.9 Å². The number of halogens is 2. The fourth-order valence-electron chi connectivity index (χ4n) is 2.66. The third-order valence-electron chi connectivity index (χ3n) is 3.65. The summed E-state index contributed by atoms with van der Waals surface area (Å²) in [6, 6.07) is 1.85. The van der Waals surface area contributed by atoms with Gasteiger partial charge in [0.05, 0.1) is 6.42 Å². The molecule has 2 rings (SSSR count). The molecule has 0 radical (unpaired) electrons. The second-order valence-electron chi connectivity index (χ2n) is 5.36. The van der Waals surface area contributed by atoms with E-state index in [1.165, 1.54) is 16.7 Å². The van der Waals surface area contributed by atoms with E-state index in [1.54, 1.807) is 0 Å². The molecule has 0 bridgehead atoms. The Bertz CT molecular complexity index is 630. The molecule has 1 fully saturated rings. The Kier molecular flexibility index (Phi) is 4.92. The average Bonchev–Trinajstić information content (AvgIpc) is 2.41. The maximum absolute atomic E-state index is 13.2. The van der Waals surface area contributed by atoms with Crippen LogP contribution in [0.5, 0.6) is 0 Å². The molecule has 2 amide bonds. The summed E-state index contributed by atoms with van der Waals surface area (Å²) >= 11 is 0. The number of rotatable bonds is 4. The van der Waals surface area contributed by atoms with E-state index in [9.17, 15) is 23.2 Å². The van der Waals surface area contributed by atoms with Crippen LogP contribution in [0.2, 0.25) is 0 Å². The van der Waals surface area contributed by atoms with Crippen LogP contribution in [-0.2, 0) is 20.9 Å². The van der Waals surface area contributed by atoms with Gasteiger partial charge in [-0.25, -0.2) is 8.78 Å². The summed E-state index contributed by atoms with van der Waals surface area (Å²) in [6.07, 6.45) is -0.508. The third-order valence-corrected chi connectivity index (χ3v) is 3.65. The van der Waals surface area contributed by atoms with Crippen LogP contribution in [0.25, 0.3) is 0 Å². The molecule has 6 nitrogen and oxygen atoms in total. The Balaban J connectivity index is 2.19. The van der Waals surface area contributed by atoms with E-state index >= 15 is 0 Å². The van der Waals surface area contributed by atoms with E-state index in [1.807, 2.05) is 0 Å². The zero-order valence-electron chi connectivity index (χ0n) is 12.5. The van der Waals surface area contributed by atoms with Crippen LogP contribution < -0.4 is 0 Å². The normalized spacial score (nSPS) is 18.2. The Morgan fingerprint density at radius 3 is 2.35 bits per heavy atom. The average molecular weight is 326 g/mol. The van der Waals surface area contributed by atoms with Gasteiger partial charge in [-0.2, -0.15) is 0 Å². The van der Waals surface area contributed by atoms with E-state index in [2.05, 4.69) is 0 Å². The highest BCUT2D eigenvalue weighted by Gasteiger charge is 2.37. The predicted molar refractivity (Wildman–Crippen MR) is 75.2 cm³/mol. The van der Waals surface area contributed by atoms with Gasteiger partial charge in [0, 0.05) is 32.6 Å². The lowest BCUT2D eigenvalue weighted by atomic mass is 10.1. The molecule has 0 saturated carbocycles. The molecule has 1 unspecified atom stereocenters. The van der Waals surface area contributed by atoms with Gasteiger partial charge in [0.15, 0.2) is 0 Å². The highest BCUT2D eigenvalue weighted by Crippen LogP contribution is 2.18. The van der Waals surface area contributed by atoms with Crippen molar-refractivity contribution >= 4 is 17.8 Å². The molecule has 124 valence electrons. The number of carboxylic acid groups (broad SMARTS) is 1. The number of carboxylic acids is 1. The number of benzene rings is 1. The molecular formula is C15H16F2N2O4. The van der Waals surface area contributed by atoms with Crippen LogP contribution in [-0.4, -0.2) is 51.8 Å². The van der Waals surface area contributed by atoms with Crippen molar-refractivity contribution in [1.82, 2.24) is 9.80 Å². The van der Waals surface area contributed by atoms with Crippen molar-refractivity contribution in [2.75, 3.05) is 13.1 Å². The highest BCUT2D eigenvalue weighted by molar-refractivity contribution is 5.91. The van der Waals surface area contributed by atoms with Gasteiger partial charge in [-0.1, -0.05) is 0 Å². The third kappa shape index (κ3) is 4.02. The van der Waals surface area contributed by atoms with Crippen molar-refractivity contribution in [2.45, 2.75) is 25.9 Å². The number of amides is 2. The Morgan fingerprint density at radius 2 is 1.83 bits per heavy atom. The Hall–Kier alpha value is -2.51. The lowest BCUT2D eigenvalue weighted by molar-refractivity contribution is -0.155. The zero-order chi connectivity index (χ0) is 17.1. The smallest absolute Gasteiger partial charge is 0.305 e. The number of piperazine rings is 1. The summed E-state index contributed by atoms with van der Waals surface area (Å²) in [5, 5.41) is 8.92. The van der Waals surface area contributed by atoms with Gasteiger partial charge in [-0.3, -0.25) is 14.4 Å². The van der Waals surface area contributed by atoms with Gasteiger partial charge in [-0.15, -0.1) is 0 Å². The SMILES string of the molecule is CC(=O)N1CCN(Cc2cc(F)cc(F)c2)C(=O)C1CC(=O)O. The fourth-order valence-corrected chi connectivity index (χ4v) is 2.66. The molecule has 1 aliphatic heterocycles. The highest BCUT2D eigenvalue weighted by atomic mass is 19.1. The van der Waals surface area contributed by atoms with Gasteiger partial charge in [0.1, 0.15) is 17.7 Å². The first-order valence-electron chi connectivity index (χ1n) is 7.00. The molecule has 1 N–H and O–H groups in total. The van der Waals surface area contributed by atoms with Crippen molar-refractivity contribution in [3.05, 3.63) is 35.4 Å². The van der Waals surface area contributed by atoms with Crippen LogP contribution >= 0.6 is 0 Å². The number of hydrogen-bond acceptors (Lipinski definition) is 3. The van der Waals surface area contributed by atoms with Crippen LogP contribution in [0.15, 0.2) is 18.2 Å². The number of hydrogen-bond donors (Lipinski definition) is 1. The molecule has 8 heteroatoms. The first-order chi connectivity index (χ1) is 10.8. The predicted octanol–water partition coefficient (Wildman–Crippen LogP) is 0.999. The first kappa shape index (κ1) is 16.9. The monoisotopic (exact) mass is 326 g/mol. The molecular weight excluding hydrogens is 310 g/mol. The van der Waals surface area contributed by atoms with Gasteiger partial charge in [0.2, 0.25) is 11.8 Å². The van der Waals surface area contributed by atoms with Gasteiger partial charge in [0.25, 0.3) is 0 Å². The summed E-state index contributed by atoms with van der Waals surface area (Å²) in [5.41, 5.74) is 0.265. The molecule has 0 spiro atoms. The molecule has 1 saturated heterocycles. The Labute approximate surface area is 131 Å². The lowest BCUT2D eigenvalue weighted by Gasteiger charge is -2.39. The van der Waals surface area contributed by atoms with Crippen molar-refractivity contribution in [2.24, 2.45) is 0 Å². The molecule has 1 aromatic carbocycles. The summed E-state index contributed by atoms with van der Waals surface area (Å²) in [4.78, 5) is 37.4. The molecule has 1 atom stereocenters. The largest absolute Gasteiger partial charge is 0.481 e. The quantitative estimate of drug-likeness (QED) is 0.895. The van der Waals surface area contributed by atoms with E-state index in [0.717, 1.165) is 18.2 Å². The Morgan fingerprint density at radius 1 is 1.22 bits per heavy atom. The van der Waals surface area contributed by atoms with E-state index in [-0.39, 0.29) is 31.1 Å². The second kappa shape index (κ2) is 6.72. The molecule has 1 heterocycles. The maximum atomic E-state index is 13.2. The maximum Gasteiger partial charge on any atom is 0.305 e. The molecule has 0 aliphatic carbocycles. The van der Waals surface area contributed by atoms with Gasteiger partial charge >= 0.3 is 5.97 Å². The molecule has 1 aromatic rings. The fraction of sp³-hybridized carbons (Fsp3) is 0.400. The number of carbonyl (C=O) groups is 3. The number of nitrogens with zero attached hydrogens (tertiary/aromatic N) is 2. The van der Waals surface area contributed by atoms with Crippen LogP contribution in [0.4, 0.5) is 8.78 Å². The minimum absolute atomic E-state index is 0.0463. The first-order valence-corrected chi connectivity index (χ1v) is 7.00. The van der Waals surface area contributed by atoms with E-state index in [0.29, 0.717) is 0 Å². The molecule has 1 aliphatic rings. The number of aliphatic carboxylic acids is 1. The summed E-state index contributed by atoms with van der Waals surface area (Å²) < 4.78 is 26.4. The van der Waals surface area contributed by atoms with E-state index < -0.39 is 36.0 Å². The van der Waals surface area contributed by atoms with E-state index in [4.69, 9.17) is 5.11 Å². The van der Waals surface area contributed by atoms with Crippen LogP contribution in [0, 0.1) is 11.6 Å². The van der Waals surface area contributed by atoms with Crippen molar-refractivity contribution in [3.63, 3.8) is 0 Å². The van der Waals surface area contributed by atoms with Crippen molar-refractivity contribution in [3.8, 4) is 0 Å². The second-order valence-corrected chi connectivity index (χ2v) is 5.36. The summed E-state index contributed by atoms with van der Waals surface area (Å²) in [7, 11) is 0. The lowest BCUT2D eigenvalue weighted by Crippen LogP contribution is -2.58. The minimum Gasteiger partial charge on any atom is -0.481 e. The van der Waals surface area contributed by atoms with Gasteiger partial charge in [-0.05, 0) is 17.7 Å².